The number of carbonyl (C=O) groups is 1. The zero-order valence-corrected chi connectivity index (χ0v) is 26.8. The summed E-state index contributed by atoms with van der Waals surface area (Å²) < 4.78 is 65.4. The smallest absolute Gasteiger partial charge is 0.418 e. The average molecular weight is 688 g/mol. The predicted octanol–water partition coefficient (Wildman–Crippen LogP) is 4.51. The van der Waals surface area contributed by atoms with Gasteiger partial charge >= 0.3 is 18.2 Å². The van der Waals surface area contributed by atoms with Gasteiger partial charge in [0, 0.05) is 37.1 Å². The quantitative estimate of drug-likeness (QED) is 0.295. The van der Waals surface area contributed by atoms with Gasteiger partial charge in [0.15, 0.2) is 11.5 Å². The third-order valence-corrected chi connectivity index (χ3v) is 8.92. The van der Waals surface area contributed by atoms with E-state index in [-0.39, 0.29) is 77.1 Å². The molecule has 0 unspecified atom stereocenters. The standard InChI is InChI=1S/C30H30ClF4N11O2/c1-15-9-21(37)39-26(23(15)30(33,34)35)22-20(31)10-19-25(24(22)32)40-28(48-14-18-5-4-6-43(18)3)41-27(19)45-8-7-44(13-16(45)2)29(47)46-38-12-17(11-36)42-46/h9-10,12,16,18H,4-8,13-14H2,1-3H3,(H2,37,39)/t16-,18-/m0/s1. The Labute approximate surface area is 276 Å². The van der Waals surface area contributed by atoms with Gasteiger partial charge in [-0.2, -0.15) is 33.5 Å². The SMILES string of the molecule is Cc1cc(N)nc(-c2c(Cl)cc3c(N4CCN(C(=O)n5ncc(C#N)n5)C[C@@H]4C)nc(OC[C@@H]4CCCN4C)nc3c2F)c1C(F)(F)F. The molecule has 2 aliphatic rings. The number of likely N-dealkylation sites (N-methyl/N-ethyl adjacent to an activating group) is 1. The predicted molar refractivity (Wildman–Crippen MR) is 167 cm³/mol. The van der Waals surface area contributed by atoms with E-state index in [1.54, 1.807) is 0 Å². The van der Waals surface area contributed by atoms with Crippen molar-refractivity contribution in [3.05, 3.63) is 46.0 Å². The molecular weight excluding hydrogens is 658 g/mol. The van der Waals surface area contributed by atoms with E-state index in [1.807, 2.05) is 24.9 Å². The number of likely N-dealkylation sites (tertiary alicyclic amines) is 1. The Morgan fingerprint density at radius 2 is 1.98 bits per heavy atom. The lowest BCUT2D eigenvalue weighted by Crippen LogP contribution is -2.55. The van der Waals surface area contributed by atoms with Crippen molar-refractivity contribution in [2.75, 3.05) is 50.5 Å². The molecule has 0 radical (unpaired) electrons. The van der Waals surface area contributed by atoms with E-state index in [2.05, 4.69) is 30.0 Å². The van der Waals surface area contributed by atoms with Crippen LogP contribution in [0.4, 0.5) is 34.0 Å². The summed E-state index contributed by atoms with van der Waals surface area (Å²) in [6.45, 7) is 4.68. The van der Waals surface area contributed by atoms with Crippen molar-refractivity contribution in [3.8, 4) is 23.3 Å². The van der Waals surface area contributed by atoms with Crippen molar-refractivity contribution < 1.29 is 27.1 Å². The van der Waals surface area contributed by atoms with Gasteiger partial charge in [-0.15, -0.1) is 5.10 Å². The Bertz CT molecular complexity index is 1950. The second kappa shape index (κ2) is 12.7. The number of nitrogens with zero attached hydrogens (tertiary/aromatic N) is 10. The van der Waals surface area contributed by atoms with Crippen molar-refractivity contribution in [1.82, 2.24) is 39.7 Å². The van der Waals surface area contributed by atoms with Gasteiger partial charge in [0.1, 0.15) is 29.8 Å². The number of carbonyl (C=O) groups excluding carboxylic acids is 1. The highest BCUT2D eigenvalue weighted by Gasteiger charge is 2.39. The van der Waals surface area contributed by atoms with Crippen molar-refractivity contribution in [3.63, 3.8) is 0 Å². The minimum absolute atomic E-state index is 0.0111. The first-order valence-corrected chi connectivity index (χ1v) is 15.4. The third kappa shape index (κ3) is 6.13. The van der Waals surface area contributed by atoms with Crippen LogP contribution in [0.3, 0.4) is 0 Å². The highest BCUT2D eigenvalue weighted by Crippen LogP contribution is 2.44. The van der Waals surface area contributed by atoms with Gasteiger partial charge in [0.25, 0.3) is 0 Å². The summed E-state index contributed by atoms with van der Waals surface area (Å²) in [5, 5.41) is 16.5. The van der Waals surface area contributed by atoms with E-state index < -0.39 is 40.9 Å². The zero-order valence-electron chi connectivity index (χ0n) is 26.1. The molecule has 252 valence electrons. The molecule has 5 heterocycles. The molecule has 4 aromatic rings. The fraction of sp³-hybridized carbons (Fsp3) is 0.433. The van der Waals surface area contributed by atoms with Crippen LogP contribution in [-0.2, 0) is 6.18 Å². The summed E-state index contributed by atoms with van der Waals surface area (Å²) in [6.07, 6.45) is -1.86. The van der Waals surface area contributed by atoms with Gasteiger partial charge in [-0.1, -0.05) is 16.4 Å². The van der Waals surface area contributed by atoms with E-state index in [0.717, 1.165) is 30.2 Å². The number of hydrogen-bond donors (Lipinski definition) is 1. The van der Waals surface area contributed by atoms with E-state index in [4.69, 9.17) is 27.3 Å². The summed E-state index contributed by atoms with van der Waals surface area (Å²) in [7, 11) is 1.96. The Kier molecular flexibility index (Phi) is 8.73. The van der Waals surface area contributed by atoms with Crippen LogP contribution in [-0.4, -0.2) is 97.7 Å². The number of nitrogens with two attached hydrogens (primary N) is 1. The first kappa shape index (κ1) is 33.1. The summed E-state index contributed by atoms with van der Waals surface area (Å²) >= 11 is 6.58. The third-order valence-electron chi connectivity index (χ3n) is 8.62. The van der Waals surface area contributed by atoms with Gasteiger partial charge < -0.3 is 25.2 Å². The number of anilines is 2. The molecule has 1 aromatic carbocycles. The van der Waals surface area contributed by atoms with Gasteiger partial charge in [0.05, 0.1) is 28.0 Å². The van der Waals surface area contributed by atoms with Crippen molar-refractivity contribution >= 4 is 40.2 Å². The number of fused-ring (bicyclic) bond motifs is 1. The number of nitriles is 1. The maximum absolute atomic E-state index is 16.7. The average Bonchev–Trinajstić information content (AvgIpc) is 3.67. The van der Waals surface area contributed by atoms with Crippen LogP contribution in [0.5, 0.6) is 6.01 Å². The number of ether oxygens (including phenoxy) is 1. The number of hydrogen-bond acceptors (Lipinski definition) is 11. The summed E-state index contributed by atoms with van der Waals surface area (Å²) in [6, 6.07) is 3.14. The zero-order chi connectivity index (χ0) is 34.5. The second-order valence-electron chi connectivity index (χ2n) is 11.8. The number of amides is 1. The number of alkyl halides is 3. The first-order valence-electron chi connectivity index (χ1n) is 15.0. The fourth-order valence-corrected chi connectivity index (χ4v) is 6.52. The molecule has 0 aliphatic carbocycles. The van der Waals surface area contributed by atoms with Gasteiger partial charge in [0.2, 0.25) is 0 Å². The molecule has 2 saturated heterocycles. The molecule has 0 spiro atoms. The van der Waals surface area contributed by atoms with Gasteiger partial charge in [-0.25, -0.2) is 14.2 Å². The maximum Gasteiger partial charge on any atom is 0.418 e. The number of halogens is 5. The molecule has 6 rings (SSSR count). The molecule has 3 aromatic heterocycles. The van der Waals surface area contributed by atoms with Crippen LogP contribution in [0, 0.1) is 24.1 Å². The molecule has 2 N–H and O–H groups in total. The van der Waals surface area contributed by atoms with Gasteiger partial charge in [-0.05, 0) is 58.0 Å². The van der Waals surface area contributed by atoms with Crippen LogP contribution in [0.15, 0.2) is 18.3 Å². The number of aryl methyl sites for hydroxylation is 1. The summed E-state index contributed by atoms with van der Waals surface area (Å²) in [4.78, 5) is 32.2. The summed E-state index contributed by atoms with van der Waals surface area (Å²) in [5.41, 5.74) is 2.71. The molecular formula is C30H30ClF4N11O2. The van der Waals surface area contributed by atoms with Crippen molar-refractivity contribution in [1.29, 1.82) is 5.26 Å². The largest absolute Gasteiger partial charge is 0.462 e. The minimum Gasteiger partial charge on any atom is -0.462 e. The molecule has 2 aliphatic heterocycles. The Hall–Kier alpha value is -4.82. The first-order chi connectivity index (χ1) is 22.8. The van der Waals surface area contributed by atoms with Crippen molar-refractivity contribution in [2.45, 2.75) is 44.9 Å². The number of pyridine rings is 1. The molecule has 18 heteroatoms. The molecule has 13 nitrogen and oxygen atoms in total. The Morgan fingerprint density at radius 1 is 1.21 bits per heavy atom. The number of nitrogen functional groups attached to an aromatic ring is 1. The maximum atomic E-state index is 16.7. The Morgan fingerprint density at radius 3 is 2.62 bits per heavy atom. The van der Waals surface area contributed by atoms with Crippen molar-refractivity contribution in [2.24, 2.45) is 0 Å². The number of benzene rings is 1. The highest BCUT2D eigenvalue weighted by molar-refractivity contribution is 6.34. The molecule has 2 atom stereocenters. The lowest BCUT2D eigenvalue weighted by Gasteiger charge is -2.40. The molecule has 1 amide bonds. The molecule has 48 heavy (non-hydrogen) atoms. The monoisotopic (exact) mass is 687 g/mol. The lowest BCUT2D eigenvalue weighted by atomic mass is 9.99. The van der Waals surface area contributed by atoms with E-state index in [1.165, 1.54) is 24.1 Å². The van der Waals surface area contributed by atoms with E-state index in [0.29, 0.717) is 0 Å². The van der Waals surface area contributed by atoms with Crippen LogP contribution in [0.2, 0.25) is 5.02 Å². The molecule has 2 fully saturated rings. The number of piperazine rings is 1. The second-order valence-corrected chi connectivity index (χ2v) is 12.3. The molecule has 0 saturated carbocycles. The van der Waals surface area contributed by atoms with Gasteiger partial charge in [-0.3, -0.25) is 0 Å². The van der Waals surface area contributed by atoms with Crippen LogP contribution in [0.1, 0.15) is 36.6 Å². The van der Waals surface area contributed by atoms with E-state index >= 15 is 4.39 Å². The number of aromatic nitrogens is 6. The number of rotatable bonds is 5. The minimum atomic E-state index is -4.89. The van der Waals surface area contributed by atoms with Crippen LogP contribution < -0.4 is 15.4 Å². The Balaban J connectivity index is 1.44. The van der Waals surface area contributed by atoms with E-state index in [9.17, 15) is 18.0 Å². The van der Waals surface area contributed by atoms with Crippen LogP contribution in [0.25, 0.3) is 22.2 Å². The topological polar surface area (TPSA) is 155 Å². The lowest BCUT2D eigenvalue weighted by molar-refractivity contribution is -0.137. The summed E-state index contributed by atoms with van der Waals surface area (Å²) in [5.74, 6) is -1.17. The molecule has 0 bridgehead atoms. The normalized spacial score (nSPS) is 18.8. The fourth-order valence-electron chi connectivity index (χ4n) is 6.24. The highest BCUT2D eigenvalue weighted by atomic mass is 35.5. The van der Waals surface area contributed by atoms with Crippen LogP contribution >= 0.6 is 11.6 Å².